The molecule has 0 bridgehead atoms. The first kappa shape index (κ1) is 14.5. The van der Waals surface area contributed by atoms with Crippen molar-refractivity contribution in [3.8, 4) is 6.07 Å². The molecule has 1 aromatic heterocycles. The van der Waals surface area contributed by atoms with E-state index in [4.69, 9.17) is 5.26 Å². The molecule has 0 radical (unpaired) electrons. The molecule has 1 aromatic carbocycles. The van der Waals surface area contributed by atoms with Crippen LogP contribution in [-0.4, -0.2) is 13.4 Å². The molecule has 0 spiro atoms. The van der Waals surface area contributed by atoms with Crippen molar-refractivity contribution >= 4 is 31.8 Å². The minimum atomic E-state index is -3.62. The molecule has 0 aliphatic carbocycles. The Hall–Kier alpha value is -1.91. The highest BCUT2D eigenvalue weighted by Crippen LogP contribution is 2.15. The monoisotopic (exact) mass is 351 g/mol. The van der Waals surface area contributed by atoms with Crippen LogP contribution >= 0.6 is 15.9 Å². The van der Waals surface area contributed by atoms with Gasteiger partial charge in [-0.15, -0.1) is 0 Å². The smallest absolute Gasteiger partial charge is 0.238 e. The number of rotatable bonds is 4. The minimum Gasteiger partial charge on any atom is -0.267 e. The number of nitrogens with zero attached hydrogens (tertiary/aromatic N) is 2. The predicted octanol–water partition coefficient (Wildman–Crippen LogP) is 2.66. The summed E-state index contributed by atoms with van der Waals surface area (Å²) in [7, 11) is -3.62. The molecule has 0 fully saturated rings. The molecule has 1 heterocycles. The van der Waals surface area contributed by atoms with Gasteiger partial charge in [-0.05, 0) is 39.7 Å². The standard InChI is InChI=1S/C13H10BrN3O2S/c14-12-6-3-7-13(16-12)17-20(18,19)9-11-5-2-1-4-10(11)8-15/h1-7H,9H2,(H,16,17). The van der Waals surface area contributed by atoms with E-state index in [0.717, 1.165) is 0 Å². The second-order valence-corrected chi connectivity index (χ2v) is 6.51. The summed E-state index contributed by atoms with van der Waals surface area (Å²) in [6.07, 6.45) is 0. The quantitative estimate of drug-likeness (QED) is 0.858. The minimum absolute atomic E-state index is 0.230. The Labute approximate surface area is 125 Å². The fourth-order valence-electron chi connectivity index (χ4n) is 1.62. The molecule has 2 aromatic rings. The van der Waals surface area contributed by atoms with E-state index in [9.17, 15) is 8.42 Å². The van der Waals surface area contributed by atoms with Crippen LogP contribution in [0, 0.1) is 11.3 Å². The van der Waals surface area contributed by atoms with Gasteiger partial charge in [-0.3, -0.25) is 4.72 Å². The molecule has 20 heavy (non-hydrogen) atoms. The Morgan fingerprint density at radius 2 is 1.95 bits per heavy atom. The predicted molar refractivity (Wildman–Crippen MR) is 79.3 cm³/mol. The van der Waals surface area contributed by atoms with Gasteiger partial charge in [-0.25, -0.2) is 13.4 Å². The van der Waals surface area contributed by atoms with Crippen molar-refractivity contribution in [3.05, 3.63) is 58.2 Å². The molecule has 7 heteroatoms. The van der Waals surface area contributed by atoms with Gasteiger partial charge in [-0.2, -0.15) is 5.26 Å². The lowest BCUT2D eigenvalue weighted by Crippen LogP contribution is -2.16. The van der Waals surface area contributed by atoms with Crippen LogP contribution in [-0.2, 0) is 15.8 Å². The van der Waals surface area contributed by atoms with Crippen molar-refractivity contribution in [3.63, 3.8) is 0 Å². The Balaban J connectivity index is 2.22. The molecule has 2 rings (SSSR count). The molecule has 0 unspecified atom stereocenters. The van der Waals surface area contributed by atoms with Crippen LogP contribution in [0.1, 0.15) is 11.1 Å². The van der Waals surface area contributed by atoms with Crippen molar-refractivity contribution in [1.29, 1.82) is 5.26 Å². The van der Waals surface area contributed by atoms with Crippen LogP contribution in [0.4, 0.5) is 5.82 Å². The Kier molecular flexibility index (Phi) is 4.37. The van der Waals surface area contributed by atoms with Gasteiger partial charge in [0.2, 0.25) is 10.0 Å². The van der Waals surface area contributed by atoms with Gasteiger partial charge in [0.15, 0.2) is 0 Å². The molecule has 0 aliphatic heterocycles. The summed E-state index contributed by atoms with van der Waals surface area (Å²) in [5, 5.41) is 8.96. The first-order chi connectivity index (χ1) is 9.50. The van der Waals surface area contributed by atoms with Crippen LogP contribution in [0.15, 0.2) is 47.1 Å². The maximum Gasteiger partial charge on any atom is 0.238 e. The number of sulfonamides is 1. The third kappa shape index (κ3) is 3.79. The largest absolute Gasteiger partial charge is 0.267 e. The fourth-order valence-corrected chi connectivity index (χ4v) is 3.13. The van der Waals surface area contributed by atoms with Crippen LogP contribution in [0.2, 0.25) is 0 Å². The maximum atomic E-state index is 12.1. The number of halogens is 1. The first-order valence-electron chi connectivity index (χ1n) is 5.61. The molecule has 5 nitrogen and oxygen atoms in total. The van der Waals surface area contributed by atoms with E-state index in [0.29, 0.717) is 15.7 Å². The number of aromatic nitrogens is 1. The highest BCUT2D eigenvalue weighted by atomic mass is 79.9. The lowest BCUT2D eigenvalue weighted by molar-refractivity contribution is 0.600. The zero-order valence-corrected chi connectivity index (χ0v) is 12.6. The zero-order valence-electron chi connectivity index (χ0n) is 10.2. The number of pyridine rings is 1. The Morgan fingerprint density at radius 1 is 1.20 bits per heavy atom. The highest BCUT2D eigenvalue weighted by molar-refractivity contribution is 9.10. The van der Waals surface area contributed by atoms with E-state index in [1.54, 1.807) is 42.5 Å². The zero-order chi connectivity index (χ0) is 14.6. The van der Waals surface area contributed by atoms with E-state index < -0.39 is 10.0 Å². The second-order valence-electron chi connectivity index (χ2n) is 3.98. The number of hydrogen-bond donors (Lipinski definition) is 1. The highest BCUT2D eigenvalue weighted by Gasteiger charge is 2.15. The number of hydrogen-bond acceptors (Lipinski definition) is 4. The Bertz CT molecular complexity index is 769. The van der Waals surface area contributed by atoms with Crippen LogP contribution in [0.5, 0.6) is 0 Å². The summed E-state index contributed by atoms with van der Waals surface area (Å²) >= 11 is 3.17. The van der Waals surface area contributed by atoms with Gasteiger partial charge in [0.25, 0.3) is 0 Å². The third-order valence-corrected chi connectivity index (χ3v) is 4.11. The summed E-state index contributed by atoms with van der Waals surface area (Å²) in [5.74, 6) is -0.0425. The molecule has 0 saturated carbocycles. The second kappa shape index (κ2) is 6.03. The average molecular weight is 352 g/mol. The van der Waals surface area contributed by atoms with Crippen molar-refractivity contribution in [2.75, 3.05) is 4.72 Å². The summed E-state index contributed by atoms with van der Waals surface area (Å²) < 4.78 is 27.1. The van der Waals surface area contributed by atoms with Crippen molar-refractivity contribution in [2.45, 2.75) is 5.75 Å². The van der Waals surface area contributed by atoms with Gasteiger partial charge in [0.05, 0.1) is 17.4 Å². The number of anilines is 1. The van der Waals surface area contributed by atoms with E-state index in [1.165, 1.54) is 0 Å². The van der Waals surface area contributed by atoms with E-state index in [-0.39, 0.29) is 11.6 Å². The Morgan fingerprint density at radius 3 is 2.65 bits per heavy atom. The normalized spacial score (nSPS) is 10.8. The molecule has 1 N–H and O–H groups in total. The van der Waals surface area contributed by atoms with E-state index >= 15 is 0 Å². The van der Waals surface area contributed by atoms with Gasteiger partial charge < -0.3 is 0 Å². The van der Waals surface area contributed by atoms with Crippen LogP contribution in [0.25, 0.3) is 0 Å². The molecule has 0 amide bonds. The average Bonchev–Trinajstić information content (AvgIpc) is 2.38. The van der Waals surface area contributed by atoms with Crippen LogP contribution in [0.3, 0.4) is 0 Å². The van der Waals surface area contributed by atoms with Crippen molar-refractivity contribution in [2.24, 2.45) is 0 Å². The first-order valence-corrected chi connectivity index (χ1v) is 8.06. The van der Waals surface area contributed by atoms with Crippen molar-refractivity contribution in [1.82, 2.24) is 4.98 Å². The van der Waals surface area contributed by atoms with E-state index in [2.05, 4.69) is 25.6 Å². The molecule has 0 saturated heterocycles. The number of nitrogens with one attached hydrogen (secondary N) is 1. The topological polar surface area (TPSA) is 82.8 Å². The molecular weight excluding hydrogens is 342 g/mol. The summed E-state index contributed by atoms with van der Waals surface area (Å²) in [5.41, 5.74) is 0.803. The summed E-state index contributed by atoms with van der Waals surface area (Å²) in [4.78, 5) is 4.00. The lowest BCUT2D eigenvalue weighted by atomic mass is 10.1. The SMILES string of the molecule is N#Cc1ccccc1CS(=O)(=O)Nc1cccc(Br)n1. The summed E-state index contributed by atoms with van der Waals surface area (Å²) in [6, 6.07) is 13.5. The molecule has 0 atom stereocenters. The van der Waals surface area contributed by atoms with Gasteiger partial charge >= 0.3 is 0 Å². The third-order valence-electron chi connectivity index (χ3n) is 2.46. The van der Waals surface area contributed by atoms with Gasteiger partial charge in [0.1, 0.15) is 10.4 Å². The lowest BCUT2D eigenvalue weighted by Gasteiger charge is -2.08. The van der Waals surface area contributed by atoms with Crippen molar-refractivity contribution < 1.29 is 8.42 Å². The molecule has 102 valence electrons. The van der Waals surface area contributed by atoms with Gasteiger partial charge in [0, 0.05) is 0 Å². The fraction of sp³-hybridized carbons (Fsp3) is 0.0769. The number of benzene rings is 1. The van der Waals surface area contributed by atoms with Gasteiger partial charge in [-0.1, -0.05) is 24.3 Å². The molecule has 0 aliphatic rings. The number of nitriles is 1. The maximum absolute atomic E-state index is 12.1. The van der Waals surface area contributed by atoms with Crippen LogP contribution < -0.4 is 4.72 Å². The van der Waals surface area contributed by atoms with E-state index in [1.807, 2.05) is 6.07 Å². The molecular formula is C13H10BrN3O2S. The summed E-state index contributed by atoms with van der Waals surface area (Å²) in [6.45, 7) is 0.